The highest BCUT2D eigenvalue weighted by Crippen LogP contribution is 2.27. The Hall–Kier alpha value is -1.06. The number of hydrogen-bond acceptors (Lipinski definition) is 2. The summed E-state index contributed by atoms with van der Waals surface area (Å²) in [4.78, 5) is 20.8. The molecule has 4 heteroatoms. The maximum Gasteiger partial charge on any atom is 0.238 e. The molecule has 0 spiro atoms. The highest BCUT2D eigenvalue weighted by molar-refractivity contribution is 5.76. The lowest BCUT2D eigenvalue weighted by atomic mass is 10.0. The predicted molar refractivity (Wildman–Crippen MR) is 43.9 cm³/mol. The van der Waals surface area contributed by atoms with Crippen molar-refractivity contribution in [3.63, 3.8) is 0 Å². The second kappa shape index (κ2) is 4.74. The van der Waals surface area contributed by atoms with Crippen molar-refractivity contribution in [1.82, 2.24) is 10.9 Å². The van der Waals surface area contributed by atoms with Crippen LogP contribution in [-0.4, -0.2) is 12.3 Å². The summed E-state index contributed by atoms with van der Waals surface area (Å²) in [5.41, 5.74) is 4.44. The van der Waals surface area contributed by atoms with Gasteiger partial charge in [-0.15, -0.1) is 0 Å². The average Bonchev–Trinajstić information content (AvgIpc) is 2.53. The predicted octanol–water partition coefficient (Wildman–Crippen LogP) is 0.344. The van der Waals surface area contributed by atoms with Crippen LogP contribution in [0.5, 0.6) is 0 Å². The summed E-state index contributed by atoms with van der Waals surface area (Å²) in [6, 6.07) is 0. The Kier molecular flexibility index (Phi) is 3.57. The van der Waals surface area contributed by atoms with Crippen molar-refractivity contribution in [3.8, 4) is 0 Å². The van der Waals surface area contributed by atoms with Crippen LogP contribution in [0.1, 0.15) is 32.1 Å². The fourth-order valence-electron chi connectivity index (χ4n) is 1.64. The van der Waals surface area contributed by atoms with Gasteiger partial charge in [0.2, 0.25) is 12.3 Å². The van der Waals surface area contributed by atoms with E-state index in [1.807, 2.05) is 0 Å². The zero-order valence-corrected chi connectivity index (χ0v) is 7.01. The number of rotatable bonds is 4. The van der Waals surface area contributed by atoms with Gasteiger partial charge in [-0.25, -0.2) is 0 Å². The van der Waals surface area contributed by atoms with Gasteiger partial charge in [-0.1, -0.05) is 12.8 Å². The van der Waals surface area contributed by atoms with E-state index in [-0.39, 0.29) is 5.91 Å². The Balaban J connectivity index is 2.11. The van der Waals surface area contributed by atoms with E-state index in [0.29, 0.717) is 18.7 Å². The van der Waals surface area contributed by atoms with Gasteiger partial charge in [0.25, 0.3) is 0 Å². The molecule has 0 bridgehead atoms. The average molecular weight is 170 g/mol. The molecule has 2 amide bonds. The van der Waals surface area contributed by atoms with Crippen LogP contribution in [0.25, 0.3) is 0 Å². The minimum atomic E-state index is -0.0889. The first kappa shape index (κ1) is 9.03. The first-order chi connectivity index (χ1) is 5.83. The van der Waals surface area contributed by atoms with E-state index < -0.39 is 0 Å². The van der Waals surface area contributed by atoms with E-state index in [9.17, 15) is 9.59 Å². The van der Waals surface area contributed by atoms with Crippen molar-refractivity contribution >= 4 is 12.3 Å². The standard InChI is InChI=1S/C8H14N2O2/c11-6-9-10-8(12)5-7-3-1-2-4-7/h6-7H,1-5H2,(H,9,11)(H,10,12). The molecule has 1 rings (SSSR count). The third kappa shape index (κ3) is 2.90. The summed E-state index contributed by atoms with van der Waals surface area (Å²) in [6.45, 7) is 0. The van der Waals surface area contributed by atoms with Gasteiger partial charge in [-0.3, -0.25) is 20.4 Å². The number of carbonyl (C=O) groups is 2. The van der Waals surface area contributed by atoms with Gasteiger partial charge in [-0.2, -0.15) is 0 Å². The van der Waals surface area contributed by atoms with Crippen molar-refractivity contribution in [2.24, 2.45) is 5.92 Å². The molecule has 0 aliphatic heterocycles. The largest absolute Gasteiger partial charge is 0.277 e. The zero-order chi connectivity index (χ0) is 8.81. The summed E-state index contributed by atoms with van der Waals surface area (Å²) in [6.07, 6.45) is 5.77. The fraction of sp³-hybridized carbons (Fsp3) is 0.750. The fourth-order valence-corrected chi connectivity index (χ4v) is 1.64. The van der Waals surface area contributed by atoms with Crippen LogP contribution < -0.4 is 10.9 Å². The Labute approximate surface area is 71.7 Å². The second-order valence-electron chi connectivity index (χ2n) is 3.16. The van der Waals surface area contributed by atoms with Crippen molar-refractivity contribution in [2.75, 3.05) is 0 Å². The van der Waals surface area contributed by atoms with E-state index in [1.54, 1.807) is 0 Å². The first-order valence-corrected chi connectivity index (χ1v) is 4.31. The van der Waals surface area contributed by atoms with E-state index in [2.05, 4.69) is 10.9 Å². The number of carbonyl (C=O) groups excluding carboxylic acids is 2. The van der Waals surface area contributed by atoms with Crippen LogP contribution in [0.15, 0.2) is 0 Å². The lowest BCUT2D eigenvalue weighted by molar-refractivity contribution is -0.125. The van der Waals surface area contributed by atoms with Gasteiger partial charge >= 0.3 is 0 Å². The van der Waals surface area contributed by atoms with Gasteiger partial charge in [0.15, 0.2) is 0 Å². The van der Waals surface area contributed by atoms with Crippen molar-refractivity contribution < 1.29 is 9.59 Å². The Morgan fingerprint density at radius 2 is 2.08 bits per heavy atom. The topological polar surface area (TPSA) is 58.2 Å². The maximum atomic E-state index is 11.0. The maximum absolute atomic E-state index is 11.0. The number of amides is 2. The molecule has 12 heavy (non-hydrogen) atoms. The minimum absolute atomic E-state index is 0.0889. The minimum Gasteiger partial charge on any atom is -0.277 e. The molecule has 0 radical (unpaired) electrons. The van der Waals surface area contributed by atoms with Crippen LogP contribution in [0, 0.1) is 5.92 Å². The van der Waals surface area contributed by atoms with Crippen molar-refractivity contribution in [2.45, 2.75) is 32.1 Å². The molecule has 0 saturated heterocycles. The molecular formula is C8H14N2O2. The van der Waals surface area contributed by atoms with Gasteiger partial charge in [0.05, 0.1) is 0 Å². The Morgan fingerprint density at radius 3 is 2.67 bits per heavy atom. The number of nitrogens with one attached hydrogen (secondary N) is 2. The summed E-state index contributed by atoms with van der Waals surface area (Å²) >= 11 is 0. The highest BCUT2D eigenvalue weighted by Gasteiger charge is 2.17. The van der Waals surface area contributed by atoms with Gasteiger partial charge in [0, 0.05) is 6.42 Å². The molecule has 1 saturated carbocycles. The quantitative estimate of drug-likeness (QED) is 0.472. The van der Waals surface area contributed by atoms with Crippen LogP contribution in [0.3, 0.4) is 0 Å². The van der Waals surface area contributed by atoms with E-state index >= 15 is 0 Å². The zero-order valence-electron chi connectivity index (χ0n) is 7.01. The molecule has 0 aromatic carbocycles. The Bertz CT molecular complexity index is 164. The molecule has 0 aromatic heterocycles. The Morgan fingerprint density at radius 1 is 1.42 bits per heavy atom. The molecule has 2 N–H and O–H groups in total. The van der Waals surface area contributed by atoms with Crippen molar-refractivity contribution in [1.29, 1.82) is 0 Å². The van der Waals surface area contributed by atoms with Crippen LogP contribution in [0.4, 0.5) is 0 Å². The molecular weight excluding hydrogens is 156 g/mol. The summed E-state index contributed by atoms with van der Waals surface area (Å²) in [7, 11) is 0. The number of hydrogen-bond donors (Lipinski definition) is 2. The lowest BCUT2D eigenvalue weighted by Crippen LogP contribution is -2.36. The normalized spacial score (nSPS) is 17.3. The molecule has 68 valence electrons. The monoisotopic (exact) mass is 170 g/mol. The van der Waals surface area contributed by atoms with E-state index in [1.165, 1.54) is 12.8 Å². The van der Waals surface area contributed by atoms with E-state index in [4.69, 9.17) is 0 Å². The SMILES string of the molecule is O=CNNC(=O)CC1CCCC1. The van der Waals surface area contributed by atoms with Crippen LogP contribution >= 0.6 is 0 Å². The summed E-state index contributed by atoms with van der Waals surface area (Å²) in [5.74, 6) is 0.437. The molecule has 0 aromatic rings. The summed E-state index contributed by atoms with van der Waals surface area (Å²) in [5, 5.41) is 0. The van der Waals surface area contributed by atoms with Crippen molar-refractivity contribution in [3.05, 3.63) is 0 Å². The number of hydrazine groups is 1. The third-order valence-electron chi connectivity index (χ3n) is 2.22. The second-order valence-corrected chi connectivity index (χ2v) is 3.16. The molecule has 1 aliphatic carbocycles. The molecule has 4 nitrogen and oxygen atoms in total. The van der Waals surface area contributed by atoms with Gasteiger partial charge < -0.3 is 0 Å². The third-order valence-corrected chi connectivity index (χ3v) is 2.22. The first-order valence-electron chi connectivity index (χ1n) is 4.31. The van der Waals surface area contributed by atoms with Gasteiger partial charge in [-0.05, 0) is 18.8 Å². The lowest BCUT2D eigenvalue weighted by Gasteiger charge is -2.07. The van der Waals surface area contributed by atoms with E-state index in [0.717, 1.165) is 12.8 Å². The molecule has 1 aliphatic rings. The van der Waals surface area contributed by atoms with Gasteiger partial charge in [0.1, 0.15) is 0 Å². The van der Waals surface area contributed by atoms with Crippen LogP contribution in [0.2, 0.25) is 0 Å². The molecule has 0 unspecified atom stereocenters. The molecule has 0 heterocycles. The molecule has 1 fully saturated rings. The molecule has 0 atom stereocenters. The smallest absolute Gasteiger partial charge is 0.238 e. The van der Waals surface area contributed by atoms with Crippen LogP contribution in [-0.2, 0) is 9.59 Å². The summed E-state index contributed by atoms with van der Waals surface area (Å²) < 4.78 is 0. The highest BCUT2D eigenvalue weighted by atomic mass is 16.2.